The SMILES string of the molecule is O=C(CCc1ccc(Cl)cc1)NS(=O)(=O)c1cccc2cnccc12. The van der Waals surface area contributed by atoms with Gasteiger partial charge < -0.3 is 0 Å². The molecule has 0 saturated carbocycles. The van der Waals surface area contributed by atoms with Crippen LogP contribution in [0.3, 0.4) is 0 Å². The van der Waals surface area contributed by atoms with Crippen molar-refractivity contribution in [3.05, 3.63) is 71.5 Å². The number of pyridine rings is 1. The second-order valence-corrected chi connectivity index (χ2v) is 7.60. The molecule has 2 aromatic carbocycles. The zero-order valence-corrected chi connectivity index (χ0v) is 14.7. The first kappa shape index (κ1) is 17.4. The topological polar surface area (TPSA) is 76.1 Å². The van der Waals surface area contributed by atoms with Crippen LogP contribution in [0.15, 0.2) is 65.8 Å². The highest BCUT2D eigenvalue weighted by Gasteiger charge is 2.20. The number of halogens is 1. The molecule has 0 aliphatic rings. The van der Waals surface area contributed by atoms with Gasteiger partial charge in [0.1, 0.15) is 0 Å². The molecule has 0 aliphatic heterocycles. The normalized spacial score (nSPS) is 11.4. The number of nitrogens with zero attached hydrogens (tertiary/aromatic N) is 1. The zero-order chi connectivity index (χ0) is 17.9. The lowest BCUT2D eigenvalue weighted by Gasteiger charge is -2.09. The molecular formula is C18H15ClN2O3S. The largest absolute Gasteiger partial charge is 0.274 e. The lowest BCUT2D eigenvalue weighted by atomic mass is 10.1. The van der Waals surface area contributed by atoms with E-state index in [4.69, 9.17) is 11.6 Å². The quantitative estimate of drug-likeness (QED) is 0.743. The fourth-order valence-electron chi connectivity index (χ4n) is 2.49. The molecule has 0 bridgehead atoms. The smallest absolute Gasteiger partial charge is 0.264 e. The number of benzene rings is 2. The van der Waals surface area contributed by atoms with Gasteiger partial charge >= 0.3 is 0 Å². The molecule has 3 aromatic rings. The molecule has 1 aromatic heterocycles. The number of nitrogens with one attached hydrogen (secondary N) is 1. The zero-order valence-electron chi connectivity index (χ0n) is 13.1. The third-order valence-corrected chi connectivity index (χ3v) is 5.42. The summed E-state index contributed by atoms with van der Waals surface area (Å²) < 4.78 is 27.2. The van der Waals surface area contributed by atoms with Gasteiger partial charge in [0.05, 0.1) is 4.90 Å². The second-order valence-electron chi connectivity index (χ2n) is 5.51. The lowest BCUT2D eigenvalue weighted by molar-refractivity contribution is -0.119. The highest BCUT2D eigenvalue weighted by atomic mass is 35.5. The van der Waals surface area contributed by atoms with Crippen molar-refractivity contribution in [2.75, 3.05) is 0 Å². The Balaban J connectivity index is 1.74. The van der Waals surface area contributed by atoms with Crippen molar-refractivity contribution in [1.82, 2.24) is 9.71 Å². The van der Waals surface area contributed by atoms with Crippen LogP contribution in [0.2, 0.25) is 5.02 Å². The Kier molecular flexibility index (Phi) is 5.01. The van der Waals surface area contributed by atoms with E-state index < -0.39 is 15.9 Å². The van der Waals surface area contributed by atoms with Gasteiger partial charge in [0.15, 0.2) is 0 Å². The van der Waals surface area contributed by atoms with Gasteiger partial charge in [-0.3, -0.25) is 9.78 Å². The van der Waals surface area contributed by atoms with Crippen LogP contribution in [-0.4, -0.2) is 19.3 Å². The van der Waals surface area contributed by atoms with Gasteiger partial charge in [-0.1, -0.05) is 35.9 Å². The first-order valence-corrected chi connectivity index (χ1v) is 9.45. The Labute approximate surface area is 150 Å². The summed E-state index contributed by atoms with van der Waals surface area (Å²) in [6.45, 7) is 0. The molecule has 5 nitrogen and oxygen atoms in total. The van der Waals surface area contributed by atoms with Crippen LogP contribution in [0.25, 0.3) is 10.8 Å². The summed E-state index contributed by atoms with van der Waals surface area (Å²) >= 11 is 5.81. The maximum Gasteiger partial charge on any atom is 0.264 e. The van der Waals surface area contributed by atoms with E-state index in [1.165, 1.54) is 12.3 Å². The second kappa shape index (κ2) is 7.21. The minimum Gasteiger partial charge on any atom is -0.274 e. The molecular weight excluding hydrogens is 360 g/mol. The number of sulfonamides is 1. The molecule has 0 aliphatic carbocycles. The minimum absolute atomic E-state index is 0.0623. The van der Waals surface area contributed by atoms with E-state index in [-0.39, 0.29) is 11.3 Å². The van der Waals surface area contributed by atoms with Crippen LogP contribution in [0.4, 0.5) is 0 Å². The van der Waals surface area contributed by atoms with E-state index in [0.29, 0.717) is 22.2 Å². The number of aromatic nitrogens is 1. The summed E-state index contributed by atoms with van der Waals surface area (Å²) in [4.78, 5) is 16.1. The summed E-state index contributed by atoms with van der Waals surface area (Å²) in [5, 5.41) is 1.83. The molecule has 25 heavy (non-hydrogen) atoms. The maximum absolute atomic E-state index is 12.5. The molecule has 0 unspecified atom stereocenters. The Hall–Kier alpha value is -2.44. The third kappa shape index (κ3) is 4.15. The number of hydrogen-bond donors (Lipinski definition) is 1. The number of aryl methyl sites for hydroxylation is 1. The average molecular weight is 375 g/mol. The highest BCUT2D eigenvalue weighted by molar-refractivity contribution is 7.90. The molecule has 1 N–H and O–H groups in total. The van der Waals surface area contributed by atoms with Crippen LogP contribution in [-0.2, 0) is 21.2 Å². The van der Waals surface area contributed by atoms with E-state index >= 15 is 0 Å². The molecule has 128 valence electrons. The van der Waals surface area contributed by atoms with E-state index in [1.54, 1.807) is 36.5 Å². The number of hydrogen-bond acceptors (Lipinski definition) is 4. The van der Waals surface area contributed by atoms with E-state index in [0.717, 1.165) is 5.56 Å². The molecule has 3 rings (SSSR count). The molecule has 0 radical (unpaired) electrons. The molecule has 0 spiro atoms. The fourth-order valence-corrected chi connectivity index (χ4v) is 3.86. The van der Waals surface area contributed by atoms with Crippen LogP contribution < -0.4 is 4.72 Å². The van der Waals surface area contributed by atoms with Crippen molar-refractivity contribution < 1.29 is 13.2 Å². The number of rotatable bonds is 5. The predicted molar refractivity (Wildman–Crippen MR) is 96.8 cm³/mol. The van der Waals surface area contributed by atoms with Gasteiger partial charge in [-0.2, -0.15) is 0 Å². The van der Waals surface area contributed by atoms with E-state index in [9.17, 15) is 13.2 Å². The van der Waals surface area contributed by atoms with Crippen LogP contribution in [0.5, 0.6) is 0 Å². The number of carbonyl (C=O) groups excluding carboxylic acids is 1. The Morgan fingerprint density at radius 3 is 2.60 bits per heavy atom. The Morgan fingerprint density at radius 1 is 1.08 bits per heavy atom. The van der Waals surface area contributed by atoms with Crippen LogP contribution in [0, 0.1) is 0 Å². The van der Waals surface area contributed by atoms with Crippen LogP contribution in [0.1, 0.15) is 12.0 Å². The lowest BCUT2D eigenvalue weighted by Crippen LogP contribution is -2.30. The fraction of sp³-hybridized carbons (Fsp3) is 0.111. The first-order chi connectivity index (χ1) is 12.0. The Morgan fingerprint density at radius 2 is 1.84 bits per heavy atom. The molecule has 7 heteroatoms. The van der Waals surface area contributed by atoms with Crippen LogP contribution >= 0.6 is 11.6 Å². The van der Waals surface area contributed by atoms with Gasteiger partial charge in [0, 0.05) is 34.6 Å². The summed E-state index contributed by atoms with van der Waals surface area (Å²) in [6.07, 6.45) is 3.59. The monoisotopic (exact) mass is 374 g/mol. The molecule has 0 atom stereocenters. The predicted octanol–water partition coefficient (Wildman–Crippen LogP) is 3.33. The summed E-state index contributed by atoms with van der Waals surface area (Å²) in [7, 11) is -3.95. The molecule has 1 amide bonds. The standard InChI is InChI=1S/C18H15ClN2O3S/c19-15-7-4-13(5-8-15)6-9-18(22)21-25(23,24)17-3-1-2-14-12-20-11-10-16(14)17/h1-5,7-8,10-12H,6,9H2,(H,21,22). The molecule has 0 saturated heterocycles. The van der Waals surface area contributed by atoms with E-state index in [2.05, 4.69) is 9.71 Å². The van der Waals surface area contributed by atoms with Crippen molar-refractivity contribution in [1.29, 1.82) is 0 Å². The number of fused-ring (bicyclic) bond motifs is 1. The van der Waals surface area contributed by atoms with Crippen molar-refractivity contribution in [2.45, 2.75) is 17.7 Å². The summed E-state index contributed by atoms with van der Waals surface area (Å²) in [5.74, 6) is -0.555. The van der Waals surface area contributed by atoms with Crippen molar-refractivity contribution in [3.63, 3.8) is 0 Å². The summed E-state index contributed by atoms with van der Waals surface area (Å²) in [6, 6.07) is 13.6. The first-order valence-electron chi connectivity index (χ1n) is 7.58. The maximum atomic E-state index is 12.5. The average Bonchev–Trinajstić information content (AvgIpc) is 2.60. The van der Waals surface area contributed by atoms with Gasteiger partial charge in [0.2, 0.25) is 5.91 Å². The van der Waals surface area contributed by atoms with Gasteiger partial charge in [-0.25, -0.2) is 13.1 Å². The van der Waals surface area contributed by atoms with Gasteiger partial charge in [0.25, 0.3) is 10.0 Å². The van der Waals surface area contributed by atoms with Gasteiger partial charge in [-0.15, -0.1) is 0 Å². The van der Waals surface area contributed by atoms with E-state index in [1.807, 2.05) is 12.1 Å². The minimum atomic E-state index is -3.95. The summed E-state index contributed by atoms with van der Waals surface area (Å²) in [5.41, 5.74) is 0.910. The van der Waals surface area contributed by atoms with Crippen molar-refractivity contribution in [2.24, 2.45) is 0 Å². The Bertz CT molecular complexity index is 1010. The number of carbonyl (C=O) groups is 1. The van der Waals surface area contributed by atoms with Crippen molar-refractivity contribution >= 4 is 38.3 Å². The highest BCUT2D eigenvalue weighted by Crippen LogP contribution is 2.22. The molecule has 0 fully saturated rings. The number of amides is 1. The third-order valence-electron chi connectivity index (χ3n) is 3.73. The van der Waals surface area contributed by atoms with Crippen molar-refractivity contribution in [3.8, 4) is 0 Å². The van der Waals surface area contributed by atoms with Gasteiger partial charge in [-0.05, 0) is 36.2 Å². The molecule has 1 heterocycles.